The van der Waals surface area contributed by atoms with Gasteiger partial charge in [-0.3, -0.25) is 9.71 Å². The third-order valence-corrected chi connectivity index (χ3v) is 4.38. The molecule has 2 rings (SSSR count). The monoisotopic (exact) mass is 308 g/mol. The van der Waals surface area contributed by atoms with Gasteiger partial charge in [0.2, 0.25) is 0 Å². The summed E-state index contributed by atoms with van der Waals surface area (Å²) in [6.45, 7) is 5.41. The van der Waals surface area contributed by atoms with Crippen LogP contribution >= 0.6 is 0 Å². The first kappa shape index (κ1) is 15.5. The molecule has 0 amide bonds. The SMILES string of the molecule is CCCNCc1cc(S(=O)(=O)Nc2ccncc2C)c[nH]1. The maximum atomic E-state index is 12.3. The largest absolute Gasteiger partial charge is 0.363 e. The third kappa shape index (κ3) is 4.05. The van der Waals surface area contributed by atoms with E-state index < -0.39 is 10.0 Å². The summed E-state index contributed by atoms with van der Waals surface area (Å²) in [4.78, 5) is 7.15. The number of aromatic amines is 1. The molecule has 0 aliphatic rings. The van der Waals surface area contributed by atoms with Crippen LogP contribution in [0.15, 0.2) is 35.6 Å². The lowest BCUT2D eigenvalue weighted by atomic mass is 10.3. The van der Waals surface area contributed by atoms with Gasteiger partial charge in [0.15, 0.2) is 0 Å². The molecule has 0 aliphatic heterocycles. The highest BCUT2D eigenvalue weighted by Gasteiger charge is 2.17. The molecule has 0 atom stereocenters. The molecule has 114 valence electrons. The quantitative estimate of drug-likeness (QED) is 0.683. The van der Waals surface area contributed by atoms with Crippen molar-refractivity contribution in [3.63, 3.8) is 0 Å². The summed E-state index contributed by atoms with van der Waals surface area (Å²) in [5.41, 5.74) is 2.16. The molecule has 21 heavy (non-hydrogen) atoms. The number of hydrogen-bond acceptors (Lipinski definition) is 4. The van der Waals surface area contributed by atoms with Crippen LogP contribution in [0, 0.1) is 6.92 Å². The Balaban J connectivity index is 2.11. The molecule has 3 N–H and O–H groups in total. The Bertz CT molecular complexity index is 695. The van der Waals surface area contributed by atoms with Crippen molar-refractivity contribution in [1.82, 2.24) is 15.3 Å². The lowest BCUT2D eigenvalue weighted by molar-refractivity contribution is 0.601. The van der Waals surface area contributed by atoms with Crippen molar-refractivity contribution < 1.29 is 8.42 Å². The Labute approximate surface area is 125 Å². The molecule has 0 saturated carbocycles. The van der Waals surface area contributed by atoms with Crippen LogP contribution < -0.4 is 10.0 Å². The number of H-pyrrole nitrogens is 1. The van der Waals surface area contributed by atoms with Gasteiger partial charge in [-0.2, -0.15) is 0 Å². The Morgan fingerprint density at radius 1 is 1.38 bits per heavy atom. The van der Waals surface area contributed by atoms with Gasteiger partial charge < -0.3 is 10.3 Å². The third-order valence-electron chi connectivity index (χ3n) is 3.03. The van der Waals surface area contributed by atoms with Crippen molar-refractivity contribution >= 4 is 15.7 Å². The summed E-state index contributed by atoms with van der Waals surface area (Å²) >= 11 is 0. The Morgan fingerprint density at radius 3 is 2.90 bits per heavy atom. The normalized spacial score (nSPS) is 11.5. The second kappa shape index (κ2) is 6.73. The number of nitrogens with one attached hydrogen (secondary N) is 3. The summed E-state index contributed by atoms with van der Waals surface area (Å²) in [7, 11) is -3.58. The van der Waals surface area contributed by atoms with E-state index in [0.717, 1.165) is 24.2 Å². The van der Waals surface area contributed by atoms with E-state index in [1.165, 1.54) is 6.20 Å². The molecule has 0 unspecified atom stereocenters. The number of anilines is 1. The minimum Gasteiger partial charge on any atom is -0.363 e. The van der Waals surface area contributed by atoms with Gasteiger partial charge in [0.1, 0.15) is 4.90 Å². The highest BCUT2D eigenvalue weighted by molar-refractivity contribution is 7.92. The molecule has 0 bridgehead atoms. The van der Waals surface area contributed by atoms with E-state index in [-0.39, 0.29) is 4.90 Å². The van der Waals surface area contributed by atoms with Crippen LogP contribution in [0.1, 0.15) is 24.6 Å². The van der Waals surface area contributed by atoms with Crippen molar-refractivity contribution in [2.75, 3.05) is 11.3 Å². The van der Waals surface area contributed by atoms with Gasteiger partial charge in [-0.05, 0) is 37.6 Å². The van der Waals surface area contributed by atoms with Gasteiger partial charge in [0, 0.05) is 30.8 Å². The maximum absolute atomic E-state index is 12.3. The lowest BCUT2D eigenvalue weighted by Crippen LogP contribution is -2.14. The van der Waals surface area contributed by atoms with E-state index in [0.29, 0.717) is 12.2 Å². The van der Waals surface area contributed by atoms with E-state index in [4.69, 9.17) is 0 Å². The van der Waals surface area contributed by atoms with Gasteiger partial charge in [-0.15, -0.1) is 0 Å². The molecule has 7 heteroatoms. The average molecular weight is 308 g/mol. The molecule has 2 aromatic rings. The second-order valence-electron chi connectivity index (χ2n) is 4.83. The van der Waals surface area contributed by atoms with E-state index in [1.54, 1.807) is 24.5 Å². The molecule has 0 spiro atoms. The summed E-state index contributed by atoms with van der Waals surface area (Å²) in [5, 5.41) is 3.22. The molecular formula is C14H20N4O2S. The van der Waals surface area contributed by atoms with Crippen molar-refractivity contribution in [3.8, 4) is 0 Å². The molecule has 2 heterocycles. The zero-order chi connectivity index (χ0) is 15.3. The predicted octanol–water partition coefficient (Wildman–Crippen LogP) is 2.02. The van der Waals surface area contributed by atoms with E-state index in [1.807, 2.05) is 6.92 Å². The number of rotatable bonds is 7. The van der Waals surface area contributed by atoms with E-state index in [2.05, 4.69) is 26.9 Å². The highest BCUT2D eigenvalue weighted by Crippen LogP contribution is 2.19. The number of pyridine rings is 1. The summed E-state index contributed by atoms with van der Waals surface area (Å²) < 4.78 is 27.2. The highest BCUT2D eigenvalue weighted by atomic mass is 32.2. The number of hydrogen-bond donors (Lipinski definition) is 3. The first-order chi connectivity index (χ1) is 10.0. The first-order valence-electron chi connectivity index (χ1n) is 6.84. The van der Waals surface area contributed by atoms with Crippen LogP contribution in [-0.4, -0.2) is 24.9 Å². The van der Waals surface area contributed by atoms with Gasteiger partial charge in [0.25, 0.3) is 10.0 Å². The maximum Gasteiger partial charge on any atom is 0.263 e. The van der Waals surface area contributed by atoms with Gasteiger partial charge >= 0.3 is 0 Å². The van der Waals surface area contributed by atoms with Crippen LogP contribution in [-0.2, 0) is 16.6 Å². The molecule has 0 radical (unpaired) electrons. The molecule has 0 fully saturated rings. The smallest absolute Gasteiger partial charge is 0.263 e. The van der Waals surface area contributed by atoms with E-state index >= 15 is 0 Å². The number of aromatic nitrogens is 2. The summed E-state index contributed by atoms with van der Waals surface area (Å²) in [6, 6.07) is 3.28. The van der Waals surface area contributed by atoms with Gasteiger partial charge in [-0.25, -0.2) is 8.42 Å². The molecule has 6 nitrogen and oxygen atoms in total. The number of aryl methyl sites for hydroxylation is 1. The fourth-order valence-corrected chi connectivity index (χ4v) is 3.02. The van der Waals surface area contributed by atoms with Crippen LogP contribution in [0.5, 0.6) is 0 Å². The Hall–Kier alpha value is -1.86. The topological polar surface area (TPSA) is 86.9 Å². The Kier molecular flexibility index (Phi) is 4.98. The fraction of sp³-hybridized carbons (Fsp3) is 0.357. The van der Waals surface area contributed by atoms with Crippen molar-refractivity contribution in [2.24, 2.45) is 0 Å². The minimum absolute atomic E-state index is 0.229. The molecule has 2 aromatic heterocycles. The van der Waals surface area contributed by atoms with Crippen LogP contribution in [0.4, 0.5) is 5.69 Å². The number of nitrogens with zero attached hydrogens (tertiary/aromatic N) is 1. The van der Waals surface area contributed by atoms with Crippen LogP contribution in [0.25, 0.3) is 0 Å². The van der Waals surface area contributed by atoms with Crippen molar-refractivity contribution in [2.45, 2.75) is 31.7 Å². The second-order valence-corrected chi connectivity index (χ2v) is 6.52. The summed E-state index contributed by atoms with van der Waals surface area (Å²) in [6.07, 6.45) is 5.72. The summed E-state index contributed by atoms with van der Waals surface area (Å²) in [5.74, 6) is 0. The minimum atomic E-state index is -3.58. The lowest BCUT2D eigenvalue weighted by Gasteiger charge is -2.08. The average Bonchev–Trinajstić information content (AvgIpc) is 2.91. The number of sulfonamides is 1. The zero-order valence-electron chi connectivity index (χ0n) is 12.2. The van der Waals surface area contributed by atoms with Crippen molar-refractivity contribution in [3.05, 3.63) is 42.0 Å². The molecule has 0 aromatic carbocycles. The molecular weight excluding hydrogens is 288 g/mol. The fourth-order valence-electron chi connectivity index (χ4n) is 1.87. The van der Waals surface area contributed by atoms with Crippen LogP contribution in [0.2, 0.25) is 0 Å². The van der Waals surface area contributed by atoms with E-state index in [9.17, 15) is 8.42 Å². The Morgan fingerprint density at radius 2 is 2.19 bits per heavy atom. The molecule has 0 saturated heterocycles. The van der Waals surface area contributed by atoms with Gasteiger partial charge in [0.05, 0.1) is 5.69 Å². The predicted molar refractivity (Wildman–Crippen MR) is 82.6 cm³/mol. The van der Waals surface area contributed by atoms with Crippen LogP contribution in [0.3, 0.4) is 0 Å². The molecule has 0 aliphatic carbocycles. The first-order valence-corrected chi connectivity index (χ1v) is 8.32. The van der Waals surface area contributed by atoms with Crippen molar-refractivity contribution in [1.29, 1.82) is 0 Å². The standard InChI is InChI=1S/C14H20N4O2S/c1-3-5-15-9-12-7-13(10-17-12)21(19,20)18-14-4-6-16-8-11(14)2/h4,6-8,10,15,17H,3,5,9H2,1-2H3,(H,16,18). The zero-order valence-corrected chi connectivity index (χ0v) is 13.0. The van der Waals surface area contributed by atoms with Gasteiger partial charge in [-0.1, -0.05) is 6.92 Å².